The Hall–Kier alpha value is 1.49. The van der Waals surface area contributed by atoms with Gasteiger partial charge in [-0.05, 0) is 0 Å². The van der Waals surface area contributed by atoms with Gasteiger partial charge in [-0.2, -0.15) is 28.3 Å². The van der Waals surface area contributed by atoms with Gasteiger partial charge in [0.1, 0.15) is 85.1 Å². The predicted molar refractivity (Wildman–Crippen MR) is 172 cm³/mol. The standard InChI is InChI=1S/C11H20B2O10P.C6H11B2O4.C5H8BO6P.CH4.Y/c1-19-8-5(22-10(12)6(8)15)3-20-24(17,18)23-9-4(2-14)21-11(13)7(9)16;1-11-5-3(2-9)12-6(8-7)4(5)10;6-5-4-3(2(1-7)10-5)11-13(8,9)12-4;;/h4-11,14-18H,2-3H2,1H3;3-6,9-10H,2H2,1H3;2-5,7H,1H2,(H,8,9);1H4;/q+1;;;;. The van der Waals surface area contributed by atoms with Crippen LogP contribution in [0.4, 0.5) is 0 Å². The van der Waals surface area contributed by atoms with E-state index in [4.69, 9.17) is 89.0 Å². The van der Waals surface area contributed by atoms with Crippen LogP contribution in [0.2, 0.25) is 0 Å². The Balaban J connectivity index is 0.000000409. The number of phosphoric ester groups is 1. The molecule has 0 aliphatic carbocycles. The van der Waals surface area contributed by atoms with E-state index in [1.807, 2.05) is 0 Å². The normalized spacial score (nSPS) is 44.3. The van der Waals surface area contributed by atoms with Crippen LogP contribution in [0.1, 0.15) is 7.43 Å². The number of ether oxygens (including phenoxy) is 6. The number of phosphoric acid groups is 1. The molecule has 0 saturated carbocycles. The molecule has 51 heavy (non-hydrogen) atoms. The summed E-state index contributed by atoms with van der Waals surface area (Å²) in [6, 6.07) is -3.52. The molecule has 17 unspecified atom stereocenters. The number of rotatable bonds is 11. The zero-order valence-corrected chi connectivity index (χ0v) is 31.6. The maximum atomic E-state index is 11.0. The molecule has 0 amide bonds. The van der Waals surface area contributed by atoms with Gasteiger partial charge in [0.25, 0.3) is 0 Å². The molecule has 10 radical (unpaired) electrons. The van der Waals surface area contributed by atoms with Gasteiger partial charge in [0.2, 0.25) is 0 Å². The molecule has 0 aromatic carbocycles. The molecule has 5 fully saturated rings. The van der Waals surface area contributed by atoms with Gasteiger partial charge in [-0.1, -0.05) is 7.43 Å². The van der Waals surface area contributed by atoms with Gasteiger partial charge in [0.05, 0.1) is 33.0 Å². The maximum absolute atomic E-state index is 11.0. The van der Waals surface area contributed by atoms with Crippen LogP contribution in [0.15, 0.2) is 0 Å². The van der Waals surface area contributed by atoms with Crippen molar-refractivity contribution in [3.63, 3.8) is 0 Å². The van der Waals surface area contributed by atoms with E-state index < -0.39 is 127 Å². The third kappa shape index (κ3) is 13.0. The third-order valence-corrected chi connectivity index (χ3v) is 9.93. The number of aliphatic hydroxyl groups is 6. The summed E-state index contributed by atoms with van der Waals surface area (Å²) >= 11 is 0. The number of hydrogen-bond acceptors (Lipinski definition) is 20. The second-order valence-corrected chi connectivity index (χ2v) is 13.9. The van der Waals surface area contributed by atoms with Crippen molar-refractivity contribution in [1.82, 2.24) is 0 Å². The van der Waals surface area contributed by atoms with Crippen molar-refractivity contribution >= 4 is 54.8 Å². The van der Waals surface area contributed by atoms with Gasteiger partial charge in [0, 0.05) is 72.7 Å². The molecule has 5 saturated heterocycles. The van der Waals surface area contributed by atoms with Crippen LogP contribution in [-0.2, 0) is 79.2 Å². The molecule has 28 heteroatoms. The minimum Gasteiger partial charge on any atom is -0.606 e. The van der Waals surface area contributed by atoms with E-state index in [2.05, 4.69) is 9.05 Å². The van der Waals surface area contributed by atoms with Crippen LogP contribution < -0.4 is 4.89 Å². The first kappa shape index (κ1) is 50.5. The summed E-state index contributed by atoms with van der Waals surface area (Å²) in [5.41, 5.74) is 0. The largest absolute Gasteiger partial charge is 0.606 e. The van der Waals surface area contributed by atoms with E-state index >= 15 is 0 Å². The fourth-order valence-corrected chi connectivity index (χ4v) is 7.58. The Morgan fingerprint density at radius 3 is 1.67 bits per heavy atom. The van der Waals surface area contributed by atoms with Gasteiger partial charge >= 0.3 is 16.3 Å². The Morgan fingerprint density at radius 2 is 1.18 bits per heavy atom. The first-order valence-corrected chi connectivity index (χ1v) is 17.7. The van der Waals surface area contributed by atoms with Crippen molar-refractivity contribution in [3.05, 3.63) is 0 Å². The Morgan fingerprint density at radius 1 is 0.725 bits per heavy atom. The molecular formula is C23H43B5O20P2Y+. The summed E-state index contributed by atoms with van der Waals surface area (Å²) < 4.78 is 49.6. The summed E-state index contributed by atoms with van der Waals surface area (Å²) in [7, 11) is 17.3. The molecule has 282 valence electrons. The van der Waals surface area contributed by atoms with Gasteiger partial charge in [0.15, 0.2) is 18.3 Å². The summed E-state index contributed by atoms with van der Waals surface area (Å²) in [6.07, 6.45) is -10.5. The van der Waals surface area contributed by atoms with E-state index in [0.717, 1.165) is 0 Å². The van der Waals surface area contributed by atoms with Crippen molar-refractivity contribution < 1.29 is 129 Å². The van der Waals surface area contributed by atoms with E-state index in [1.165, 1.54) is 21.4 Å². The minimum atomic E-state index is -4.40. The van der Waals surface area contributed by atoms with Crippen molar-refractivity contribution in [3.8, 4) is 0 Å². The second kappa shape index (κ2) is 22.4. The van der Waals surface area contributed by atoms with Crippen LogP contribution in [0.3, 0.4) is 0 Å². The van der Waals surface area contributed by atoms with Crippen molar-refractivity contribution in [2.45, 2.75) is 105 Å². The molecule has 5 heterocycles. The van der Waals surface area contributed by atoms with Gasteiger partial charge in [-0.3, -0.25) is 0 Å². The Bertz CT molecular complexity index is 1010. The van der Waals surface area contributed by atoms with Crippen LogP contribution in [0.5, 0.6) is 0 Å². The molecule has 0 spiro atoms. The number of methoxy groups -OCH3 is 2. The molecule has 20 nitrogen and oxygen atoms in total. The van der Waals surface area contributed by atoms with Gasteiger partial charge < -0.3 is 64.0 Å². The zero-order chi connectivity index (χ0) is 36.8. The molecule has 0 aromatic rings. The number of fused-ring (bicyclic) bond motifs is 1. The fourth-order valence-electron chi connectivity index (χ4n) is 5.44. The first-order valence-electron chi connectivity index (χ1n) is 14.7. The molecule has 5 rings (SSSR count). The van der Waals surface area contributed by atoms with Crippen molar-refractivity contribution in [2.24, 2.45) is 0 Å². The summed E-state index contributed by atoms with van der Waals surface area (Å²) in [6.45, 7) is -1.45. The fraction of sp³-hybridized carbons (Fsp3) is 1.00. The smallest absolute Gasteiger partial charge is 0.570 e. The summed E-state index contributed by atoms with van der Waals surface area (Å²) in [4.78, 5) is 39.7. The van der Waals surface area contributed by atoms with Crippen LogP contribution >= 0.6 is 16.3 Å². The molecule has 0 aromatic heterocycles. The Labute approximate surface area is 328 Å². The average molecular weight is 844 g/mol. The molecular weight excluding hydrogens is 801 g/mol. The quantitative estimate of drug-likeness (QED) is 0.0690. The van der Waals surface area contributed by atoms with Crippen LogP contribution in [0.25, 0.3) is 0 Å². The van der Waals surface area contributed by atoms with Crippen LogP contribution in [-0.4, -0.2) is 222 Å². The summed E-state index contributed by atoms with van der Waals surface area (Å²) in [5.74, 6) is 0. The van der Waals surface area contributed by atoms with E-state index in [-0.39, 0.29) is 53.3 Å². The predicted octanol–water partition coefficient (Wildman–Crippen LogP) is -7.25. The molecule has 9 N–H and O–H groups in total. The van der Waals surface area contributed by atoms with Crippen molar-refractivity contribution in [1.29, 1.82) is 0 Å². The second-order valence-electron chi connectivity index (χ2n) is 11.1. The summed E-state index contributed by atoms with van der Waals surface area (Å²) in [5, 5.41) is 55.8. The zero-order valence-electron chi connectivity index (χ0n) is 26.9. The molecule has 17 atom stereocenters. The molecule has 0 bridgehead atoms. The number of hydrogen-bond donors (Lipinski definition) is 9. The molecule has 5 aliphatic rings. The van der Waals surface area contributed by atoms with Crippen molar-refractivity contribution in [2.75, 3.05) is 40.6 Å². The minimum absolute atomic E-state index is 0. The van der Waals surface area contributed by atoms with Gasteiger partial charge in [-0.25, -0.2) is 0 Å². The van der Waals surface area contributed by atoms with E-state index in [1.54, 1.807) is 0 Å². The van der Waals surface area contributed by atoms with E-state index in [9.17, 15) is 30.0 Å². The Kier molecular flexibility index (Phi) is 22.2. The molecule has 5 aliphatic heterocycles. The average Bonchev–Trinajstić information content (AvgIpc) is 3.80. The van der Waals surface area contributed by atoms with Gasteiger partial charge in [-0.15, -0.1) is 4.52 Å². The topological polar surface area (TPSA) is 297 Å². The first-order chi connectivity index (χ1) is 23.0. The monoisotopic (exact) mass is 845 g/mol. The van der Waals surface area contributed by atoms with E-state index in [0.29, 0.717) is 0 Å². The number of aliphatic hydroxyl groups excluding tert-OH is 6. The SMILES string of the molecule is C.[B]C1OC(CO)C2O[P+]([O-])(O)OC12.[B]C1OC(CO[P+](O)(O)OC2C(CO)OC([B])C2O)C(OC)C1O.[B][B]C1OC(CO)C(OC)C1O.[Y]. The maximum Gasteiger partial charge on any atom is 0.570 e. The third-order valence-electron chi connectivity index (χ3n) is 7.91. The van der Waals surface area contributed by atoms with Crippen LogP contribution in [0, 0.1) is 0 Å².